The van der Waals surface area contributed by atoms with Crippen LogP contribution in [0.15, 0.2) is 212 Å². The fourth-order valence-corrected chi connectivity index (χ4v) is 8.71. The topological polar surface area (TPSA) is 80.3 Å². The molecule has 0 aliphatic heterocycles. The van der Waals surface area contributed by atoms with Gasteiger partial charge in [0, 0.05) is 44.2 Å². The molecule has 0 fully saturated rings. The lowest BCUT2D eigenvalue weighted by molar-refractivity contribution is -0.137. The van der Waals surface area contributed by atoms with Crippen molar-refractivity contribution in [1.29, 1.82) is 5.26 Å². The van der Waals surface area contributed by atoms with Crippen LogP contribution in [0.5, 0.6) is 0 Å². The Bertz CT molecular complexity index is 3410. The molecule has 0 atom stereocenters. The number of para-hydroxylation sites is 1. The van der Waals surface area contributed by atoms with E-state index in [2.05, 4.69) is 12.1 Å². The van der Waals surface area contributed by atoms with E-state index in [1.165, 1.54) is 6.07 Å². The maximum absolute atomic E-state index is 15.7. The molecule has 0 bridgehead atoms. The number of hydrogen-bond donors (Lipinski definition) is 0. The van der Waals surface area contributed by atoms with Crippen LogP contribution in [0.25, 0.3) is 106 Å². The molecule has 0 unspecified atom stereocenters. The second-order valence-corrected chi connectivity index (χ2v) is 16.1. The minimum absolute atomic E-state index is 0.0963. The summed E-state index contributed by atoms with van der Waals surface area (Å²) in [6.07, 6.45) is -4.79. The summed E-state index contributed by atoms with van der Waals surface area (Å²) in [5.74, 6) is 0.445. The Morgan fingerprint density at radius 2 is 0.866 bits per heavy atom. The standard InChI is InChI=1S/C58H35F3N6/c59-58(60,61)44-32-47(52-35-51(40-21-9-3-10-22-40)63-56(66-52)41-23-11-4-12-24-41)55(48(33-44)57-64-49(38-17-5-1-6-18-38)34-50(65-57)39-19-7-2-8-20-39)67-53-27-14-13-26-45(53)46-31-43(28-29-54(46)67)42-25-15-16-37(30-42)36-62/h1-35H. The molecular weight excluding hydrogens is 838 g/mol. The molecule has 0 saturated heterocycles. The lowest BCUT2D eigenvalue weighted by Crippen LogP contribution is -2.11. The van der Waals surface area contributed by atoms with E-state index in [4.69, 9.17) is 19.9 Å². The molecule has 11 aromatic rings. The number of nitriles is 1. The number of rotatable bonds is 8. The summed E-state index contributed by atoms with van der Waals surface area (Å²) in [5.41, 5.74) is 8.51. The Kier molecular flexibility index (Phi) is 10.2. The number of benzene rings is 8. The van der Waals surface area contributed by atoms with E-state index in [-0.39, 0.29) is 22.6 Å². The SMILES string of the molecule is N#Cc1cccc(-c2ccc3c(c2)c2ccccc2n3-c2c(-c3cc(-c4ccccc4)nc(-c4ccccc4)n3)cc(C(F)(F)F)cc2-c2nc(-c3ccccc3)cc(-c3ccccc3)n2)c1. The van der Waals surface area contributed by atoms with E-state index in [0.29, 0.717) is 39.7 Å². The van der Waals surface area contributed by atoms with Crippen LogP contribution in [-0.2, 0) is 6.18 Å². The van der Waals surface area contributed by atoms with Crippen molar-refractivity contribution in [1.82, 2.24) is 24.5 Å². The quantitative estimate of drug-likeness (QED) is 0.152. The number of halogens is 3. The maximum Gasteiger partial charge on any atom is 0.416 e. The molecule has 0 radical (unpaired) electrons. The van der Waals surface area contributed by atoms with Gasteiger partial charge in [0.25, 0.3) is 0 Å². The number of nitrogens with zero attached hydrogens (tertiary/aromatic N) is 6. The van der Waals surface area contributed by atoms with Crippen LogP contribution in [0.1, 0.15) is 11.1 Å². The molecule has 0 spiro atoms. The summed E-state index contributed by atoms with van der Waals surface area (Å²) >= 11 is 0. The zero-order chi connectivity index (χ0) is 45.5. The van der Waals surface area contributed by atoms with Gasteiger partial charge in [0.2, 0.25) is 0 Å². The molecule has 318 valence electrons. The molecular formula is C58H35F3N6. The second kappa shape index (κ2) is 16.8. The zero-order valence-electron chi connectivity index (χ0n) is 35.5. The highest BCUT2D eigenvalue weighted by atomic mass is 19.4. The first-order chi connectivity index (χ1) is 32.8. The van der Waals surface area contributed by atoms with Gasteiger partial charge in [-0.2, -0.15) is 18.4 Å². The maximum atomic E-state index is 15.7. The van der Waals surface area contributed by atoms with E-state index < -0.39 is 11.7 Å². The Morgan fingerprint density at radius 3 is 1.46 bits per heavy atom. The number of aromatic nitrogens is 5. The van der Waals surface area contributed by atoms with E-state index >= 15 is 13.2 Å². The third kappa shape index (κ3) is 7.77. The molecule has 0 aliphatic rings. The Morgan fingerprint density at radius 1 is 0.388 bits per heavy atom. The van der Waals surface area contributed by atoms with Crippen LogP contribution in [0.2, 0.25) is 0 Å². The van der Waals surface area contributed by atoms with Gasteiger partial charge in [0.05, 0.1) is 56.7 Å². The largest absolute Gasteiger partial charge is 0.416 e. The van der Waals surface area contributed by atoms with Gasteiger partial charge in [0.15, 0.2) is 11.6 Å². The summed E-state index contributed by atoms with van der Waals surface area (Å²) in [6.45, 7) is 0. The average molecular weight is 873 g/mol. The van der Waals surface area contributed by atoms with Crippen LogP contribution in [0.3, 0.4) is 0 Å². The van der Waals surface area contributed by atoms with Gasteiger partial charge in [-0.05, 0) is 65.7 Å². The summed E-state index contributed by atoms with van der Waals surface area (Å²) in [5, 5.41) is 11.5. The fourth-order valence-electron chi connectivity index (χ4n) is 8.71. The smallest absolute Gasteiger partial charge is 0.308 e. The molecule has 0 saturated carbocycles. The van der Waals surface area contributed by atoms with Gasteiger partial charge < -0.3 is 4.57 Å². The predicted octanol–water partition coefficient (Wildman–Crippen LogP) is 14.9. The van der Waals surface area contributed by atoms with Gasteiger partial charge in [-0.1, -0.05) is 158 Å². The Balaban J connectivity index is 1.30. The Labute approximate surface area is 383 Å². The first-order valence-corrected chi connectivity index (χ1v) is 21.6. The summed E-state index contributed by atoms with van der Waals surface area (Å²) in [6, 6.07) is 67.6. The van der Waals surface area contributed by atoms with Gasteiger partial charge in [-0.25, -0.2) is 19.9 Å². The van der Waals surface area contributed by atoms with Crippen molar-refractivity contribution in [3.05, 3.63) is 223 Å². The lowest BCUT2D eigenvalue weighted by atomic mass is 9.96. The van der Waals surface area contributed by atoms with Gasteiger partial charge in [-0.15, -0.1) is 0 Å². The van der Waals surface area contributed by atoms with E-state index in [0.717, 1.165) is 55.7 Å². The van der Waals surface area contributed by atoms with Crippen LogP contribution >= 0.6 is 0 Å². The van der Waals surface area contributed by atoms with Crippen molar-refractivity contribution >= 4 is 21.8 Å². The van der Waals surface area contributed by atoms with Crippen LogP contribution in [0.4, 0.5) is 13.2 Å². The van der Waals surface area contributed by atoms with Crippen LogP contribution in [-0.4, -0.2) is 24.5 Å². The number of alkyl halides is 3. The molecule has 67 heavy (non-hydrogen) atoms. The first kappa shape index (κ1) is 40.8. The second-order valence-electron chi connectivity index (χ2n) is 16.1. The average Bonchev–Trinajstić information content (AvgIpc) is 3.72. The minimum atomic E-state index is -4.79. The van der Waals surface area contributed by atoms with Crippen molar-refractivity contribution < 1.29 is 13.2 Å². The molecule has 8 aromatic carbocycles. The molecule has 0 aliphatic carbocycles. The summed E-state index contributed by atoms with van der Waals surface area (Å²) in [7, 11) is 0. The van der Waals surface area contributed by atoms with E-state index in [9.17, 15) is 5.26 Å². The van der Waals surface area contributed by atoms with E-state index in [1.54, 1.807) is 12.1 Å². The third-order valence-corrected chi connectivity index (χ3v) is 11.9. The van der Waals surface area contributed by atoms with Crippen molar-refractivity contribution in [2.24, 2.45) is 0 Å². The molecule has 11 rings (SSSR count). The van der Waals surface area contributed by atoms with Gasteiger partial charge >= 0.3 is 6.18 Å². The number of fused-ring (bicyclic) bond motifs is 3. The van der Waals surface area contributed by atoms with Gasteiger partial charge in [0.1, 0.15) is 0 Å². The molecule has 0 amide bonds. The van der Waals surface area contributed by atoms with Crippen LogP contribution in [0, 0.1) is 11.3 Å². The lowest BCUT2D eigenvalue weighted by Gasteiger charge is -2.22. The summed E-state index contributed by atoms with van der Waals surface area (Å²) in [4.78, 5) is 20.4. The zero-order valence-corrected chi connectivity index (χ0v) is 35.5. The molecule has 0 N–H and O–H groups in total. The van der Waals surface area contributed by atoms with Gasteiger partial charge in [-0.3, -0.25) is 0 Å². The first-order valence-electron chi connectivity index (χ1n) is 21.6. The highest BCUT2D eigenvalue weighted by Crippen LogP contribution is 2.46. The fraction of sp³-hybridized carbons (Fsp3) is 0.0172. The van der Waals surface area contributed by atoms with Crippen molar-refractivity contribution in [3.63, 3.8) is 0 Å². The third-order valence-electron chi connectivity index (χ3n) is 11.9. The highest BCUT2D eigenvalue weighted by Gasteiger charge is 2.35. The molecule has 6 nitrogen and oxygen atoms in total. The number of hydrogen-bond acceptors (Lipinski definition) is 5. The highest BCUT2D eigenvalue weighted by molar-refractivity contribution is 6.11. The Hall–Kier alpha value is -9.00. The normalized spacial score (nSPS) is 11.5. The predicted molar refractivity (Wildman–Crippen MR) is 260 cm³/mol. The van der Waals surface area contributed by atoms with E-state index in [1.807, 2.05) is 187 Å². The monoisotopic (exact) mass is 872 g/mol. The van der Waals surface area contributed by atoms with Crippen molar-refractivity contribution in [2.45, 2.75) is 6.18 Å². The molecule has 3 aromatic heterocycles. The van der Waals surface area contributed by atoms with Crippen molar-refractivity contribution in [3.8, 4) is 90.7 Å². The van der Waals surface area contributed by atoms with Crippen molar-refractivity contribution in [2.75, 3.05) is 0 Å². The van der Waals surface area contributed by atoms with Crippen LogP contribution < -0.4 is 0 Å². The molecule has 3 heterocycles. The molecule has 9 heteroatoms. The minimum Gasteiger partial charge on any atom is -0.308 e. The summed E-state index contributed by atoms with van der Waals surface area (Å²) < 4.78 is 49.1.